The molecule has 3 nitrogen and oxygen atoms in total. The molecule has 28 heavy (non-hydrogen) atoms. The Bertz CT molecular complexity index is 984. The number of hydrogen-bond acceptors (Lipinski definition) is 4. The molecule has 0 aliphatic carbocycles. The van der Waals surface area contributed by atoms with Gasteiger partial charge in [-0.05, 0) is 47.2 Å². The maximum absolute atomic E-state index is 12.5. The first-order valence-corrected chi connectivity index (χ1v) is 9.77. The molecule has 0 spiro atoms. The van der Waals surface area contributed by atoms with Crippen molar-refractivity contribution < 1.29 is 22.6 Å². The van der Waals surface area contributed by atoms with Gasteiger partial charge in [-0.2, -0.15) is 0 Å². The van der Waals surface area contributed by atoms with Crippen molar-refractivity contribution in [3.63, 3.8) is 0 Å². The molecule has 3 aromatic rings. The van der Waals surface area contributed by atoms with Gasteiger partial charge in [0, 0.05) is 10.4 Å². The maximum Gasteiger partial charge on any atom is 0.573 e. The number of thiophene rings is 1. The highest BCUT2D eigenvalue weighted by molar-refractivity contribution is 7.10. The third-order valence-corrected chi connectivity index (χ3v) is 5.67. The molecule has 1 unspecified atom stereocenters. The molecule has 1 aliphatic heterocycles. The van der Waals surface area contributed by atoms with Crippen molar-refractivity contribution in [2.24, 2.45) is 0 Å². The first-order valence-electron chi connectivity index (χ1n) is 8.89. The van der Waals surface area contributed by atoms with E-state index in [0.29, 0.717) is 17.9 Å². The number of nitrogens with one attached hydrogen (secondary N) is 1. The summed E-state index contributed by atoms with van der Waals surface area (Å²) in [7, 11) is 0. The molecule has 1 N–H and O–H groups in total. The van der Waals surface area contributed by atoms with Crippen molar-refractivity contribution in [2.75, 3.05) is 11.9 Å². The van der Waals surface area contributed by atoms with E-state index in [4.69, 9.17) is 4.74 Å². The van der Waals surface area contributed by atoms with E-state index in [1.54, 1.807) is 17.4 Å². The quantitative estimate of drug-likeness (QED) is 0.543. The molecule has 7 heteroatoms. The second kappa shape index (κ2) is 7.39. The normalized spacial score (nSPS) is 16.1. The van der Waals surface area contributed by atoms with Crippen molar-refractivity contribution in [1.82, 2.24) is 0 Å². The molecule has 2 aromatic carbocycles. The van der Waals surface area contributed by atoms with Gasteiger partial charge in [0.25, 0.3) is 0 Å². The zero-order valence-corrected chi connectivity index (χ0v) is 15.9. The van der Waals surface area contributed by atoms with Gasteiger partial charge in [0.15, 0.2) is 0 Å². The third kappa shape index (κ3) is 3.80. The summed E-state index contributed by atoms with van der Waals surface area (Å²) >= 11 is 1.70. The lowest BCUT2D eigenvalue weighted by Gasteiger charge is -2.29. The van der Waals surface area contributed by atoms with E-state index in [0.717, 1.165) is 17.7 Å². The molecular weight excluding hydrogens is 387 g/mol. The van der Waals surface area contributed by atoms with Gasteiger partial charge in [-0.3, -0.25) is 0 Å². The van der Waals surface area contributed by atoms with Gasteiger partial charge in [-0.15, -0.1) is 24.5 Å². The van der Waals surface area contributed by atoms with Crippen LogP contribution in [0, 0.1) is 0 Å². The number of anilines is 1. The Hall–Kier alpha value is -2.67. The molecule has 1 aliphatic rings. The number of aryl methyl sites for hydroxylation is 1. The van der Waals surface area contributed by atoms with E-state index in [1.807, 2.05) is 18.2 Å². The molecule has 0 radical (unpaired) electrons. The second-order valence-corrected chi connectivity index (χ2v) is 7.38. The van der Waals surface area contributed by atoms with E-state index in [9.17, 15) is 13.2 Å². The van der Waals surface area contributed by atoms with E-state index in [2.05, 4.69) is 28.4 Å². The monoisotopic (exact) mass is 405 g/mol. The van der Waals surface area contributed by atoms with Crippen molar-refractivity contribution in [3.05, 3.63) is 64.4 Å². The highest BCUT2D eigenvalue weighted by Gasteiger charge is 2.31. The Morgan fingerprint density at radius 2 is 2.00 bits per heavy atom. The number of hydrogen-bond donors (Lipinski definition) is 1. The van der Waals surface area contributed by atoms with Crippen LogP contribution in [0.1, 0.15) is 23.4 Å². The smallest absolute Gasteiger partial charge is 0.488 e. The minimum absolute atomic E-state index is 0.0533. The Labute approximate surface area is 164 Å². The highest BCUT2D eigenvalue weighted by atomic mass is 32.1. The summed E-state index contributed by atoms with van der Waals surface area (Å²) in [4.78, 5) is 1.25. The van der Waals surface area contributed by atoms with Crippen LogP contribution >= 0.6 is 11.3 Å². The van der Waals surface area contributed by atoms with Gasteiger partial charge in [0.05, 0.1) is 11.7 Å². The van der Waals surface area contributed by atoms with Crippen LogP contribution < -0.4 is 14.8 Å². The lowest BCUT2D eigenvalue weighted by molar-refractivity contribution is -0.274. The highest BCUT2D eigenvalue weighted by Crippen LogP contribution is 2.43. The zero-order chi connectivity index (χ0) is 19.7. The van der Waals surface area contributed by atoms with Gasteiger partial charge in [0.2, 0.25) is 0 Å². The largest absolute Gasteiger partial charge is 0.573 e. The van der Waals surface area contributed by atoms with Gasteiger partial charge >= 0.3 is 6.36 Å². The summed E-state index contributed by atoms with van der Waals surface area (Å²) in [6.45, 7) is 2.58. The first kappa shape index (κ1) is 18.7. The average molecular weight is 405 g/mol. The molecule has 146 valence electrons. The molecule has 0 amide bonds. The molecular formula is C21H18F3NO2S. The second-order valence-electron chi connectivity index (χ2n) is 6.43. The average Bonchev–Trinajstić information content (AvgIpc) is 3.15. The Morgan fingerprint density at radius 1 is 1.18 bits per heavy atom. The van der Waals surface area contributed by atoms with Crippen LogP contribution in [-0.4, -0.2) is 13.0 Å². The summed E-state index contributed by atoms with van der Waals surface area (Å²) in [5, 5.41) is 5.59. The van der Waals surface area contributed by atoms with Gasteiger partial charge in [0.1, 0.15) is 18.1 Å². The SMILES string of the molecule is CCc1ccsc1C1COc2c(cccc2-c2cccc(OC(F)(F)F)c2)N1. The summed E-state index contributed by atoms with van der Waals surface area (Å²) in [6.07, 6.45) is -3.77. The molecule has 0 saturated heterocycles. The number of benzene rings is 2. The number of ether oxygens (including phenoxy) is 2. The van der Waals surface area contributed by atoms with Crippen LogP contribution in [0.5, 0.6) is 11.5 Å². The van der Waals surface area contributed by atoms with Crippen molar-refractivity contribution >= 4 is 17.0 Å². The Kier molecular flexibility index (Phi) is 4.93. The van der Waals surface area contributed by atoms with Crippen LogP contribution in [0.3, 0.4) is 0 Å². The lowest BCUT2D eigenvalue weighted by Crippen LogP contribution is -2.24. The van der Waals surface area contributed by atoms with E-state index >= 15 is 0 Å². The van der Waals surface area contributed by atoms with Crippen LogP contribution in [0.25, 0.3) is 11.1 Å². The fraction of sp³-hybridized carbons (Fsp3) is 0.238. The molecule has 1 aromatic heterocycles. The standard InChI is InChI=1S/C21H18F3NO2S/c1-2-13-9-10-28-20(13)18-12-26-19-16(7-4-8-17(19)25-18)14-5-3-6-15(11-14)27-21(22,23)24/h3-11,18,25H,2,12H2,1H3. The first-order chi connectivity index (χ1) is 13.4. The minimum atomic E-state index is -4.72. The lowest BCUT2D eigenvalue weighted by atomic mass is 10.0. The topological polar surface area (TPSA) is 30.5 Å². The molecule has 2 heterocycles. The van der Waals surface area contributed by atoms with Crippen LogP contribution in [0.4, 0.5) is 18.9 Å². The third-order valence-electron chi connectivity index (χ3n) is 4.60. The molecule has 1 atom stereocenters. The predicted molar refractivity (Wildman–Crippen MR) is 104 cm³/mol. The Balaban J connectivity index is 1.65. The van der Waals surface area contributed by atoms with Crippen LogP contribution in [-0.2, 0) is 6.42 Å². The fourth-order valence-corrected chi connectivity index (χ4v) is 4.41. The maximum atomic E-state index is 12.5. The number of alkyl halides is 3. The van der Waals surface area contributed by atoms with E-state index < -0.39 is 6.36 Å². The summed E-state index contributed by atoms with van der Waals surface area (Å²) in [6, 6.07) is 13.7. The summed E-state index contributed by atoms with van der Waals surface area (Å²) in [5.41, 5.74) is 3.44. The molecule has 0 saturated carbocycles. The number of fused-ring (bicyclic) bond motifs is 1. The fourth-order valence-electron chi connectivity index (χ4n) is 3.38. The number of halogens is 3. The predicted octanol–water partition coefficient (Wildman–Crippen LogP) is 6.42. The van der Waals surface area contributed by atoms with Crippen molar-refractivity contribution in [1.29, 1.82) is 0 Å². The Morgan fingerprint density at radius 3 is 2.79 bits per heavy atom. The molecule has 0 bridgehead atoms. The zero-order valence-electron chi connectivity index (χ0n) is 15.0. The molecule has 0 fully saturated rings. The van der Waals surface area contributed by atoms with E-state index in [-0.39, 0.29) is 11.8 Å². The van der Waals surface area contributed by atoms with Gasteiger partial charge < -0.3 is 14.8 Å². The van der Waals surface area contributed by atoms with Crippen LogP contribution in [0.15, 0.2) is 53.9 Å². The minimum Gasteiger partial charge on any atom is -0.488 e. The molecule has 4 rings (SSSR count). The summed E-state index contributed by atoms with van der Waals surface area (Å²) < 4.78 is 47.7. The summed E-state index contributed by atoms with van der Waals surface area (Å²) in [5.74, 6) is 0.382. The van der Waals surface area contributed by atoms with Crippen molar-refractivity contribution in [2.45, 2.75) is 25.7 Å². The van der Waals surface area contributed by atoms with Gasteiger partial charge in [-0.1, -0.05) is 31.2 Å². The van der Waals surface area contributed by atoms with Crippen molar-refractivity contribution in [3.8, 4) is 22.6 Å². The van der Waals surface area contributed by atoms with Gasteiger partial charge in [-0.25, -0.2) is 0 Å². The van der Waals surface area contributed by atoms with E-state index in [1.165, 1.54) is 28.6 Å². The number of para-hydroxylation sites is 1. The van der Waals surface area contributed by atoms with Crippen LogP contribution in [0.2, 0.25) is 0 Å². The number of rotatable bonds is 4.